The van der Waals surface area contributed by atoms with Crippen LogP contribution in [0.25, 0.3) is 0 Å². The lowest BCUT2D eigenvalue weighted by molar-refractivity contribution is -0.153. The zero-order valence-electron chi connectivity index (χ0n) is 16.6. The smallest absolute Gasteiger partial charge is 0.321 e. The topological polar surface area (TPSA) is 87.4 Å². The summed E-state index contributed by atoms with van der Waals surface area (Å²) in [5.41, 5.74) is 0.558. The normalized spacial score (nSPS) is 21.8. The van der Waals surface area contributed by atoms with Crippen molar-refractivity contribution in [3.05, 3.63) is 54.2 Å². The number of nitrogens with one attached hydrogen (secondary N) is 1. The molecular weight excluding hydrogens is 391 g/mol. The lowest BCUT2D eigenvalue weighted by Gasteiger charge is -2.39. The fraction of sp³-hybridized carbons (Fsp3) is 0.381. The maximum atomic E-state index is 14.1. The van der Waals surface area contributed by atoms with Crippen molar-refractivity contribution in [2.75, 3.05) is 37.7 Å². The van der Waals surface area contributed by atoms with Crippen LogP contribution in [-0.2, 0) is 14.3 Å². The molecule has 1 amide bonds. The molecule has 0 radical (unpaired) electrons. The second kappa shape index (κ2) is 8.56. The van der Waals surface area contributed by atoms with Gasteiger partial charge in [0.2, 0.25) is 11.9 Å². The van der Waals surface area contributed by atoms with Crippen molar-refractivity contribution in [1.29, 1.82) is 0 Å². The first-order valence-electron chi connectivity index (χ1n) is 9.91. The molecule has 0 aliphatic carbocycles. The van der Waals surface area contributed by atoms with E-state index in [1.807, 2.05) is 9.80 Å². The maximum Gasteiger partial charge on any atom is 0.321 e. The molecule has 0 spiro atoms. The molecule has 0 unspecified atom stereocenters. The highest BCUT2D eigenvalue weighted by Crippen LogP contribution is 2.31. The Kier molecular flexibility index (Phi) is 5.69. The molecule has 3 heterocycles. The molecule has 4 rings (SSSR count). The number of ether oxygens (including phenoxy) is 1. The molecular formula is C21H23FN4O4. The Balaban J connectivity index is 1.53. The highest BCUT2D eigenvalue weighted by atomic mass is 19.1. The van der Waals surface area contributed by atoms with E-state index < -0.39 is 23.8 Å². The highest BCUT2D eigenvalue weighted by molar-refractivity contribution is 6.08. The average Bonchev–Trinajstić information content (AvgIpc) is 3.29. The van der Waals surface area contributed by atoms with Crippen LogP contribution in [0.3, 0.4) is 0 Å². The van der Waals surface area contributed by atoms with E-state index in [4.69, 9.17) is 9.15 Å². The van der Waals surface area contributed by atoms with Crippen molar-refractivity contribution in [3.8, 4) is 0 Å². The number of carbonyl (C=O) groups is 2. The Morgan fingerprint density at radius 1 is 1.20 bits per heavy atom. The molecule has 8 nitrogen and oxygen atoms in total. The van der Waals surface area contributed by atoms with E-state index in [1.54, 1.807) is 37.3 Å². The number of amides is 1. The summed E-state index contributed by atoms with van der Waals surface area (Å²) in [5, 5.41) is 2.74. The molecule has 0 saturated carbocycles. The van der Waals surface area contributed by atoms with Gasteiger partial charge in [-0.1, -0.05) is 12.1 Å². The van der Waals surface area contributed by atoms with E-state index >= 15 is 0 Å². The lowest BCUT2D eigenvalue weighted by Crippen LogP contribution is -2.57. The number of benzene rings is 1. The largest absolute Gasteiger partial charge is 0.467 e. The zero-order valence-corrected chi connectivity index (χ0v) is 16.6. The Bertz CT molecular complexity index is 938. The number of aliphatic imine (C=N–C) groups is 1. The Labute approximate surface area is 173 Å². The monoisotopic (exact) mass is 414 g/mol. The molecule has 2 aliphatic heterocycles. The number of esters is 1. The predicted molar refractivity (Wildman–Crippen MR) is 107 cm³/mol. The number of hydrogen-bond donors (Lipinski definition) is 1. The summed E-state index contributed by atoms with van der Waals surface area (Å²) in [7, 11) is 0. The number of para-hydroxylation sites is 1. The van der Waals surface area contributed by atoms with Crippen LogP contribution < -0.4 is 10.2 Å². The van der Waals surface area contributed by atoms with E-state index in [1.165, 1.54) is 12.3 Å². The zero-order chi connectivity index (χ0) is 21.1. The van der Waals surface area contributed by atoms with Crippen molar-refractivity contribution in [2.24, 2.45) is 10.9 Å². The first-order chi connectivity index (χ1) is 14.6. The van der Waals surface area contributed by atoms with E-state index in [0.717, 1.165) is 0 Å². The van der Waals surface area contributed by atoms with Gasteiger partial charge in [0.25, 0.3) is 0 Å². The summed E-state index contributed by atoms with van der Waals surface area (Å²) < 4.78 is 24.6. The fourth-order valence-electron chi connectivity index (χ4n) is 3.75. The SMILES string of the molecule is CCOC(=O)[C@@H]1C(=O)NC(N2CCN(c3ccccc3F)CC2)=N[C@H]1c1ccco1. The van der Waals surface area contributed by atoms with Crippen LogP contribution in [-0.4, -0.2) is 55.5 Å². The van der Waals surface area contributed by atoms with Gasteiger partial charge in [0.05, 0.1) is 18.6 Å². The van der Waals surface area contributed by atoms with Crippen LogP contribution in [0.4, 0.5) is 10.1 Å². The molecule has 2 atom stereocenters. The van der Waals surface area contributed by atoms with Gasteiger partial charge < -0.3 is 19.0 Å². The molecule has 1 saturated heterocycles. The second-order valence-corrected chi connectivity index (χ2v) is 7.06. The van der Waals surface area contributed by atoms with Gasteiger partial charge in [0.15, 0.2) is 5.92 Å². The molecule has 9 heteroatoms. The Hall–Kier alpha value is -3.36. The minimum atomic E-state index is -1.11. The summed E-state index contributed by atoms with van der Waals surface area (Å²) in [4.78, 5) is 33.7. The van der Waals surface area contributed by atoms with E-state index in [-0.39, 0.29) is 12.4 Å². The van der Waals surface area contributed by atoms with Crippen molar-refractivity contribution >= 4 is 23.5 Å². The van der Waals surface area contributed by atoms with E-state index in [9.17, 15) is 14.0 Å². The number of anilines is 1. The second-order valence-electron chi connectivity index (χ2n) is 7.06. The summed E-state index contributed by atoms with van der Waals surface area (Å²) >= 11 is 0. The van der Waals surface area contributed by atoms with Crippen molar-refractivity contribution in [1.82, 2.24) is 10.2 Å². The third kappa shape index (κ3) is 3.87. The molecule has 1 N–H and O–H groups in total. The Morgan fingerprint density at radius 3 is 2.60 bits per heavy atom. The number of furan rings is 1. The number of piperazine rings is 1. The summed E-state index contributed by atoms with van der Waals surface area (Å²) in [6, 6.07) is 9.24. The van der Waals surface area contributed by atoms with Gasteiger partial charge >= 0.3 is 5.97 Å². The fourth-order valence-corrected chi connectivity index (χ4v) is 3.75. The quantitative estimate of drug-likeness (QED) is 0.608. The van der Waals surface area contributed by atoms with Gasteiger partial charge in [-0.3, -0.25) is 14.9 Å². The number of rotatable bonds is 4. The van der Waals surface area contributed by atoms with Crippen molar-refractivity contribution < 1.29 is 23.1 Å². The van der Waals surface area contributed by atoms with Crippen LogP contribution in [0.1, 0.15) is 18.7 Å². The third-order valence-electron chi connectivity index (χ3n) is 5.24. The molecule has 1 aromatic carbocycles. The van der Waals surface area contributed by atoms with Gasteiger partial charge in [-0.15, -0.1) is 0 Å². The number of nitrogens with zero attached hydrogens (tertiary/aromatic N) is 3. The summed E-state index contributed by atoms with van der Waals surface area (Å²) in [6.45, 7) is 4.09. The summed E-state index contributed by atoms with van der Waals surface area (Å²) in [6.07, 6.45) is 1.48. The first kappa shape index (κ1) is 19.9. The standard InChI is InChI=1S/C21H23FN4O4/c1-2-29-20(28)17-18(16-8-5-13-30-16)23-21(24-19(17)27)26-11-9-25(10-12-26)15-7-4-3-6-14(15)22/h3-8,13,17-18H,2,9-12H2,1H3,(H,23,24,27)/t17-,18-/m0/s1. The molecule has 2 aliphatic rings. The average molecular weight is 414 g/mol. The lowest BCUT2D eigenvalue weighted by atomic mass is 9.95. The van der Waals surface area contributed by atoms with Gasteiger partial charge in [0.1, 0.15) is 17.6 Å². The van der Waals surface area contributed by atoms with Crippen LogP contribution in [0.15, 0.2) is 52.1 Å². The number of carbonyl (C=O) groups excluding carboxylic acids is 2. The van der Waals surface area contributed by atoms with Crippen molar-refractivity contribution in [3.63, 3.8) is 0 Å². The molecule has 158 valence electrons. The number of halogens is 1. The van der Waals surface area contributed by atoms with Crippen LogP contribution in [0, 0.1) is 11.7 Å². The molecule has 2 aromatic rings. The Morgan fingerprint density at radius 2 is 1.93 bits per heavy atom. The minimum Gasteiger partial charge on any atom is -0.467 e. The van der Waals surface area contributed by atoms with Gasteiger partial charge in [0, 0.05) is 26.2 Å². The molecule has 1 fully saturated rings. The molecule has 1 aromatic heterocycles. The van der Waals surface area contributed by atoms with Gasteiger partial charge in [-0.25, -0.2) is 9.38 Å². The summed E-state index contributed by atoms with van der Waals surface area (Å²) in [5.74, 6) is -1.68. The highest BCUT2D eigenvalue weighted by Gasteiger charge is 2.43. The third-order valence-corrected chi connectivity index (χ3v) is 5.24. The van der Waals surface area contributed by atoms with E-state index in [0.29, 0.717) is 43.6 Å². The number of guanidine groups is 1. The van der Waals surface area contributed by atoms with E-state index in [2.05, 4.69) is 10.3 Å². The predicted octanol–water partition coefficient (Wildman–Crippen LogP) is 1.95. The first-order valence-corrected chi connectivity index (χ1v) is 9.91. The van der Waals surface area contributed by atoms with Crippen LogP contribution >= 0.6 is 0 Å². The van der Waals surface area contributed by atoms with Crippen molar-refractivity contribution in [2.45, 2.75) is 13.0 Å². The van der Waals surface area contributed by atoms with Crippen LogP contribution in [0.5, 0.6) is 0 Å². The minimum absolute atomic E-state index is 0.169. The maximum absolute atomic E-state index is 14.1. The number of hydrogen-bond acceptors (Lipinski definition) is 7. The molecule has 0 bridgehead atoms. The van der Waals surface area contributed by atoms with Crippen LogP contribution in [0.2, 0.25) is 0 Å². The van der Waals surface area contributed by atoms with Gasteiger partial charge in [-0.05, 0) is 31.2 Å². The molecule has 30 heavy (non-hydrogen) atoms. The van der Waals surface area contributed by atoms with Gasteiger partial charge in [-0.2, -0.15) is 0 Å².